The number of halogens is 5. The molecule has 88 valence electrons. The van der Waals surface area contributed by atoms with Crippen molar-refractivity contribution in [3.8, 4) is 0 Å². The van der Waals surface area contributed by atoms with Crippen LogP contribution in [0.4, 0.5) is 17.6 Å². The van der Waals surface area contributed by atoms with Crippen molar-refractivity contribution < 1.29 is 27.5 Å². The van der Waals surface area contributed by atoms with E-state index in [-0.39, 0.29) is 3.57 Å². The van der Waals surface area contributed by atoms with Crippen LogP contribution < -0.4 is 0 Å². The summed E-state index contributed by atoms with van der Waals surface area (Å²) in [6.07, 6.45) is -5.59. The minimum Gasteiger partial charge on any atom is -0.481 e. The Morgan fingerprint density at radius 1 is 1.38 bits per heavy atom. The summed E-state index contributed by atoms with van der Waals surface area (Å²) in [4.78, 5) is 10.4. The van der Waals surface area contributed by atoms with Crippen LogP contribution in [0.5, 0.6) is 0 Å². The predicted octanol–water partition coefficient (Wildman–Crippen LogP) is 3.08. The van der Waals surface area contributed by atoms with Gasteiger partial charge in [-0.15, -0.1) is 0 Å². The molecule has 0 aliphatic heterocycles. The first-order valence-corrected chi connectivity index (χ1v) is 5.07. The SMILES string of the molecule is O=C(O)Cc1c(I)ccc(C(F)(F)F)c1F. The highest BCUT2D eigenvalue weighted by atomic mass is 127. The molecule has 0 amide bonds. The van der Waals surface area contributed by atoms with Crippen molar-refractivity contribution in [2.24, 2.45) is 0 Å². The van der Waals surface area contributed by atoms with Crippen LogP contribution in [0.15, 0.2) is 12.1 Å². The summed E-state index contributed by atoms with van der Waals surface area (Å²) >= 11 is 1.59. The average Bonchev–Trinajstić information content (AvgIpc) is 2.09. The van der Waals surface area contributed by atoms with Crippen LogP contribution in [0.3, 0.4) is 0 Å². The minimum absolute atomic E-state index is 0.158. The molecule has 7 heteroatoms. The molecule has 0 radical (unpaired) electrons. The topological polar surface area (TPSA) is 37.3 Å². The van der Waals surface area contributed by atoms with Gasteiger partial charge in [0.25, 0.3) is 0 Å². The first-order chi connectivity index (χ1) is 7.23. The number of rotatable bonds is 2. The summed E-state index contributed by atoms with van der Waals surface area (Å²) in [5, 5.41) is 8.46. The number of aliphatic carboxylic acids is 1. The van der Waals surface area contributed by atoms with E-state index in [9.17, 15) is 22.4 Å². The molecule has 1 aromatic carbocycles. The summed E-state index contributed by atoms with van der Waals surface area (Å²) in [7, 11) is 0. The number of carbonyl (C=O) groups is 1. The maximum Gasteiger partial charge on any atom is 0.419 e. The standard InChI is InChI=1S/C9H5F4IO2/c10-8-4(3-7(15)16)6(14)2-1-5(8)9(11,12)13/h1-2H,3H2,(H,15,16). The van der Waals surface area contributed by atoms with Crippen molar-refractivity contribution in [1.29, 1.82) is 0 Å². The van der Waals surface area contributed by atoms with E-state index in [0.717, 1.165) is 6.07 Å². The number of carboxylic acid groups (broad SMARTS) is 1. The number of hydrogen-bond acceptors (Lipinski definition) is 1. The molecule has 0 aromatic heterocycles. The molecular weight excluding hydrogens is 343 g/mol. The summed E-state index contributed by atoms with van der Waals surface area (Å²) in [6, 6.07) is 1.65. The highest BCUT2D eigenvalue weighted by Crippen LogP contribution is 2.34. The fourth-order valence-corrected chi connectivity index (χ4v) is 1.74. The lowest BCUT2D eigenvalue weighted by atomic mass is 10.1. The molecule has 0 unspecified atom stereocenters. The fourth-order valence-electron chi connectivity index (χ4n) is 1.13. The van der Waals surface area contributed by atoms with Crippen molar-refractivity contribution in [2.45, 2.75) is 12.6 Å². The van der Waals surface area contributed by atoms with Gasteiger partial charge in [0.15, 0.2) is 0 Å². The molecule has 0 aliphatic rings. The molecule has 0 fully saturated rings. The highest BCUT2D eigenvalue weighted by Gasteiger charge is 2.35. The molecule has 0 saturated carbocycles. The quantitative estimate of drug-likeness (QED) is 0.659. The van der Waals surface area contributed by atoms with E-state index in [4.69, 9.17) is 5.11 Å². The second-order valence-electron chi connectivity index (χ2n) is 2.96. The summed E-state index contributed by atoms with van der Waals surface area (Å²) in [5.74, 6) is -2.89. The molecule has 1 rings (SSSR count). The molecule has 2 nitrogen and oxygen atoms in total. The van der Waals surface area contributed by atoms with E-state index < -0.39 is 35.5 Å². The Morgan fingerprint density at radius 2 is 1.94 bits per heavy atom. The number of benzene rings is 1. The average molecular weight is 348 g/mol. The second kappa shape index (κ2) is 4.56. The van der Waals surface area contributed by atoms with Gasteiger partial charge < -0.3 is 5.11 Å². The van der Waals surface area contributed by atoms with Gasteiger partial charge in [-0.25, -0.2) is 4.39 Å². The van der Waals surface area contributed by atoms with Crippen LogP contribution in [-0.4, -0.2) is 11.1 Å². The Hall–Kier alpha value is -0.860. The van der Waals surface area contributed by atoms with E-state index in [1.807, 2.05) is 0 Å². The maximum absolute atomic E-state index is 13.4. The highest BCUT2D eigenvalue weighted by molar-refractivity contribution is 14.1. The van der Waals surface area contributed by atoms with Gasteiger partial charge in [-0.1, -0.05) is 0 Å². The molecule has 0 heterocycles. The van der Waals surface area contributed by atoms with Crippen molar-refractivity contribution >= 4 is 28.6 Å². The molecule has 0 saturated heterocycles. The zero-order valence-electron chi connectivity index (χ0n) is 7.61. The Kier molecular flexibility index (Phi) is 3.76. The van der Waals surface area contributed by atoms with Gasteiger partial charge in [0.1, 0.15) is 5.82 Å². The van der Waals surface area contributed by atoms with E-state index >= 15 is 0 Å². The first-order valence-electron chi connectivity index (χ1n) is 3.99. The van der Waals surface area contributed by atoms with Crippen LogP contribution >= 0.6 is 22.6 Å². The Labute approximate surface area is 101 Å². The van der Waals surface area contributed by atoms with Crippen LogP contribution in [0.1, 0.15) is 11.1 Å². The lowest BCUT2D eigenvalue weighted by Gasteiger charge is -2.11. The molecule has 0 spiro atoms. The van der Waals surface area contributed by atoms with Crippen LogP contribution in [-0.2, 0) is 17.4 Å². The zero-order chi connectivity index (χ0) is 12.5. The zero-order valence-corrected chi connectivity index (χ0v) is 9.76. The molecule has 0 bridgehead atoms. The van der Waals surface area contributed by atoms with Gasteiger partial charge >= 0.3 is 12.1 Å². The lowest BCUT2D eigenvalue weighted by molar-refractivity contribution is -0.141. The summed E-state index contributed by atoms with van der Waals surface area (Å²) < 4.78 is 50.5. The minimum atomic E-state index is -4.82. The van der Waals surface area contributed by atoms with Gasteiger partial charge in [0, 0.05) is 9.13 Å². The van der Waals surface area contributed by atoms with Gasteiger partial charge in [-0.05, 0) is 34.7 Å². The molecule has 1 N–H and O–H groups in total. The predicted molar refractivity (Wildman–Crippen MR) is 55.5 cm³/mol. The molecule has 16 heavy (non-hydrogen) atoms. The third-order valence-electron chi connectivity index (χ3n) is 1.82. The van der Waals surface area contributed by atoms with Gasteiger partial charge in [0.2, 0.25) is 0 Å². The van der Waals surface area contributed by atoms with Crippen molar-refractivity contribution in [3.63, 3.8) is 0 Å². The van der Waals surface area contributed by atoms with Crippen LogP contribution in [0.2, 0.25) is 0 Å². The lowest BCUT2D eigenvalue weighted by Crippen LogP contribution is -2.13. The van der Waals surface area contributed by atoms with Gasteiger partial charge in [0.05, 0.1) is 12.0 Å². The van der Waals surface area contributed by atoms with Crippen LogP contribution in [0, 0.1) is 9.39 Å². The van der Waals surface area contributed by atoms with E-state index in [1.165, 1.54) is 0 Å². The largest absolute Gasteiger partial charge is 0.481 e. The third-order valence-corrected chi connectivity index (χ3v) is 2.83. The summed E-state index contributed by atoms with van der Waals surface area (Å²) in [5.41, 5.74) is -1.88. The van der Waals surface area contributed by atoms with Gasteiger partial charge in [-0.3, -0.25) is 4.79 Å². The molecule has 0 aliphatic carbocycles. The number of hydrogen-bond donors (Lipinski definition) is 1. The normalized spacial score (nSPS) is 11.6. The van der Waals surface area contributed by atoms with Crippen molar-refractivity contribution in [1.82, 2.24) is 0 Å². The smallest absolute Gasteiger partial charge is 0.419 e. The molecule has 0 atom stereocenters. The van der Waals surface area contributed by atoms with Crippen LogP contribution in [0.25, 0.3) is 0 Å². The number of alkyl halides is 3. The Bertz CT molecular complexity index is 428. The third kappa shape index (κ3) is 2.83. The molecule has 1 aromatic rings. The number of carboxylic acids is 1. The van der Waals surface area contributed by atoms with E-state index in [0.29, 0.717) is 6.07 Å². The Morgan fingerprint density at radius 3 is 2.38 bits per heavy atom. The molecular formula is C9H5F4IO2. The second-order valence-corrected chi connectivity index (χ2v) is 4.12. The van der Waals surface area contributed by atoms with Crippen molar-refractivity contribution in [2.75, 3.05) is 0 Å². The first kappa shape index (κ1) is 13.2. The van der Waals surface area contributed by atoms with Gasteiger partial charge in [-0.2, -0.15) is 13.2 Å². The van der Waals surface area contributed by atoms with E-state index in [1.54, 1.807) is 22.6 Å². The summed E-state index contributed by atoms with van der Waals surface area (Å²) in [6.45, 7) is 0. The fraction of sp³-hybridized carbons (Fsp3) is 0.222. The van der Waals surface area contributed by atoms with Crippen molar-refractivity contribution in [3.05, 3.63) is 32.6 Å². The van der Waals surface area contributed by atoms with E-state index in [2.05, 4.69) is 0 Å². The monoisotopic (exact) mass is 348 g/mol. The Balaban J connectivity index is 3.33. The maximum atomic E-state index is 13.4.